The van der Waals surface area contributed by atoms with E-state index in [9.17, 15) is 14.4 Å². The maximum atomic E-state index is 13.0. The molecule has 2 rings (SSSR count). The second-order valence-corrected chi connectivity index (χ2v) is 6.03. The maximum absolute atomic E-state index is 13.0. The van der Waals surface area contributed by atoms with Crippen molar-refractivity contribution in [2.45, 2.75) is 0 Å². The Balaban J connectivity index is 2.66. The summed E-state index contributed by atoms with van der Waals surface area (Å²) in [6.45, 7) is 0. The van der Waals surface area contributed by atoms with Gasteiger partial charge in [0.25, 0.3) is 5.91 Å². The molecule has 0 aromatic heterocycles. The van der Waals surface area contributed by atoms with Gasteiger partial charge in [-0.25, -0.2) is 9.59 Å². The molecule has 1 heterocycles. The Bertz CT molecular complexity index is 846. The predicted octanol–water partition coefficient (Wildman–Crippen LogP) is 0.953. The average molecular weight is 389 g/mol. The van der Waals surface area contributed by atoms with Crippen LogP contribution in [0.15, 0.2) is 53.4 Å². The molecule has 1 aromatic carbocycles. The van der Waals surface area contributed by atoms with E-state index in [4.69, 9.17) is 21.7 Å². The van der Waals surface area contributed by atoms with Gasteiger partial charge in [-0.1, -0.05) is 18.2 Å². The fraction of sp³-hybridized carbons (Fsp3) is 0.222. The molecule has 1 aromatic rings. The first-order valence-corrected chi connectivity index (χ1v) is 8.22. The minimum Gasteiger partial charge on any atom is -0.465 e. The molecular weight excluding hydrogens is 370 g/mol. The first-order chi connectivity index (χ1) is 12.8. The lowest BCUT2D eigenvalue weighted by molar-refractivity contribution is -0.139. The van der Waals surface area contributed by atoms with Crippen molar-refractivity contribution >= 4 is 40.9 Å². The van der Waals surface area contributed by atoms with Crippen LogP contribution >= 0.6 is 12.2 Å². The lowest BCUT2D eigenvalue weighted by atomic mass is 10.0. The number of hydrogen-bond acceptors (Lipinski definition) is 7. The van der Waals surface area contributed by atoms with Crippen LogP contribution in [0.4, 0.5) is 5.69 Å². The van der Waals surface area contributed by atoms with Gasteiger partial charge in [0, 0.05) is 20.3 Å². The Morgan fingerprint density at radius 2 is 1.70 bits per heavy atom. The number of thiocarbonyl (C=S) groups is 1. The molecule has 1 fully saturated rings. The highest BCUT2D eigenvalue weighted by Gasteiger charge is 2.39. The lowest BCUT2D eigenvalue weighted by Crippen LogP contribution is -2.30. The molecule has 1 aliphatic rings. The molecule has 0 saturated carbocycles. The average Bonchev–Trinajstić information content (AvgIpc) is 2.94. The number of methoxy groups -OCH3 is 2. The molecule has 1 aliphatic heterocycles. The van der Waals surface area contributed by atoms with E-state index in [0.29, 0.717) is 5.69 Å². The zero-order chi connectivity index (χ0) is 20.1. The molecule has 1 saturated heterocycles. The first-order valence-electron chi connectivity index (χ1n) is 7.81. The molecule has 0 radical (unpaired) electrons. The topological polar surface area (TPSA) is 88.2 Å². The van der Waals surface area contributed by atoms with Gasteiger partial charge in [0.15, 0.2) is 5.11 Å². The molecule has 9 heteroatoms. The van der Waals surface area contributed by atoms with Crippen LogP contribution in [0.5, 0.6) is 0 Å². The second kappa shape index (κ2) is 8.45. The molecule has 1 N–H and O–H groups in total. The molecule has 0 aliphatic carbocycles. The van der Waals surface area contributed by atoms with Gasteiger partial charge in [0.1, 0.15) is 11.3 Å². The Kier molecular flexibility index (Phi) is 6.30. The van der Waals surface area contributed by atoms with Crippen molar-refractivity contribution in [3.05, 3.63) is 53.4 Å². The summed E-state index contributed by atoms with van der Waals surface area (Å²) in [6, 6.07) is 8.69. The maximum Gasteiger partial charge on any atom is 0.341 e. The van der Waals surface area contributed by atoms with Crippen molar-refractivity contribution in [3.8, 4) is 0 Å². The number of benzene rings is 1. The van der Waals surface area contributed by atoms with E-state index in [1.54, 1.807) is 49.3 Å². The fourth-order valence-corrected chi connectivity index (χ4v) is 2.73. The summed E-state index contributed by atoms with van der Waals surface area (Å²) in [5.74, 6) is -2.25. The van der Waals surface area contributed by atoms with Crippen molar-refractivity contribution < 1.29 is 23.9 Å². The number of rotatable bonds is 5. The van der Waals surface area contributed by atoms with Crippen LogP contribution < -0.4 is 10.2 Å². The Morgan fingerprint density at radius 3 is 2.22 bits per heavy atom. The number of anilines is 1. The minimum absolute atomic E-state index is 0.0803. The third-order valence-electron chi connectivity index (χ3n) is 3.57. The van der Waals surface area contributed by atoms with Crippen LogP contribution in [-0.2, 0) is 23.9 Å². The van der Waals surface area contributed by atoms with Gasteiger partial charge in [0.05, 0.1) is 25.5 Å². The van der Waals surface area contributed by atoms with Crippen LogP contribution in [0.2, 0.25) is 0 Å². The van der Waals surface area contributed by atoms with Gasteiger partial charge < -0.3 is 19.7 Å². The number of amides is 1. The van der Waals surface area contributed by atoms with Gasteiger partial charge in [-0.15, -0.1) is 0 Å². The summed E-state index contributed by atoms with van der Waals surface area (Å²) in [6.07, 6.45) is 1.37. The van der Waals surface area contributed by atoms with E-state index in [0.717, 1.165) is 7.11 Å². The summed E-state index contributed by atoms with van der Waals surface area (Å²) < 4.78 is 9.55. The standard InChI is InChI=1S/C18H19N3O5S/c1-20(2)10-12(16(23)25-3)13(17(24)26-4)14-15(22)21(18(27)19-14)11-8-6-5-7-9-11/h5-10H,1-4H3,(H,19,27)/b12-10+,14-13-. The molecule has 8 nitrogen and oxygen atoms in total. The van der Waals surface area contributed by atoms with Crippen LogP contribution in [-0.4, -0.2) is 56.2 Å². The monoisotopic (exact) mass is 389 g/mol. The van der Waals surface area contributed by atoms with Crippen molar-refractivity contribution in [3.63, 3.8) is 0 Å². The van der Waals surface area contributed by atoms with Gasteiger partial charge in [-0.05, 0) is 24.4 Å². The number of carbonyl (C=O) groups excluding carboxylic acids is 3. The molecule has 0 bridgehead atoms. The number of carbonyl (C=O) groups is 3. The Hall–Kier alpha value is -3.20. The lowest BCUT2D eigenvalue weighted by Gasteiger charge is -2.15. The molecule has 142 valence electrons. The molecular formula is C18H19N3O5S. The number of ether oxygens (including phenoxy) is 2. The van der Waals surface area contributed by atoms with E-state index < -0.39 is 17.8 Å². The summed E-state index contributed by atoms with van der Waals surface area (Å²) in [5, 5.41) is 2.80. The number of para-hydroxylation sites is 1. The van der Waals surface area contributed by atoms with E-state index in [1.165, 1.54) is 18.2 Å². The highest BCUT2D eigenvalue weighted by Crippen LogP contribution is 2.26. The second-order valence-electron chi connectivity index (χ2n) is 5.65. The predicted molar refractivity (Wildman–Crippen MR) is 102 cm³/mol. The van der Waals surface area contributed by atoms with Gasteiger partial charge in [-0.3, -0.25) is 9.69 Å². The molecule has 0 spiro atoms. The molecule has 27 heavy (non-hydrogen) atoms. The quantitative estimate of drug-likeness (QED) is 0.453. The zero-order valence-electron chi connectivity index (χ0n) is 15.3. The van der Waals surface area contributed by atoms with Crippen LogP contribution in [0.3, 0.4) is 0 Å². The highest BCUT2D eigenvalue weighted by molar-refractivity contribution is 7.80. The van der Waals surface area contributed by atoms with Gasteiger partial charge in [0.2, 0.25) is 0 Å². The summed E-state index contributed by atoms with van der Waals surface area (Å²) in [5.41, 5.74) is -0.0311. The first kappa shape index (κ1) is 20.1. The number of nitrogens with one attached hydrogen (secondary N) is 1. The zero-order valence-corrected chi connectivity index (χ0v) is 16.1. The summed E-state index contributed by atoms with van der Waals surface area (Å²) >= 11 is 5.25. The smallest absolute Gasteiger partial charge is 0.341 e. The van der Waals surface area contributed by atoms with Crippen molar-refractivity contribution in [1.82, 2.24) is 10.2 Å². The number of hydrogen-bond donors (Lipinski definition) is 1. The van der Waals surface area contributed by atoms with Gasteiger partial charge >= 0.3 is 11.9 Å². The van der Waals surface area contributed by atoms with Gasteiger partial charge in [-0.2, -0.15) is 0 Å². The van der Waals surface area contributed by atoms with Crippen molar-refractivity contribution in [1.29, 1.82) is 0 Å². The fourth-order valence-electron chi connectivity index (χ4n) is 2.44. The number of nitrogens with zero attached hydrogens (tertiary/aromatic N) is 2. The van der Waals surface area contributed by atoms with Crippen LogP contribution in [0.25, 0.3) is 0 Å². The van der Waals surface area contributed by atoms with E-state index in [1.807, 2.05) is 0 Å². The SMILES string of the molecule is COC(=O)C(=C1\NC(=S)N(c2ccccc2)C1=O)/C(=C\N(C)C)C(=O)OC. The largest absolute Gasteiger partial charge is 0.465 e. The van der Waals surface area contributed by atoms with Crippen LogP contribution in [0, 0.1) is 0 Å². The molecule has 0 unspecified atom stereocenters. The van der Waals surface area contributed by atoms with Crippen LogP contribution in [0.1, 0.15) is 0 Å². The van der Waals surface area contributed by atoms with E-state index >= 15 is 0 Å². The normalized spacial score (nSPS) is 16.0. The summed E-state index contributed by atoms with van der Waals surface area (Å²) in [7, 11) is 5.65. The molecule has 0 atom stereocenters. The van der Waals surface area contributed by atoms with E-state index in [-0.39, 0.29) is 22.0 Å². The minimum atomic E-state index is -0.873. The summed E-state index contributed by atoms with van der Waals surface area (Å²) in [4.78, 5) is 40.5. The Morgan fingerprint density at radius 1 is 1.11 bits per heavy atom. The third kappa shape index (κ3) is 4.14. The van der Waals surface area contributed by atoms with Crippen molar-refractivity contribution in [2.24, 2.45) is 0 Å². The molecule has 1 amide bonds. The Labute approximate surface area is 162 Å². The highest BCUT2D eigenvalue weighted by atomic mass is 32.1. The number of esters is 2. The third-order valence-corrected chi connectivity index (χ3v) is 3.85. The van der Waals surface area contributed by atoms with E-state index in [2.05, 4.69) is 5.32 Å². The van der Waals surface area contributed by atoms with Crippen molar-refractivity contribution in [2.75, 3.05) is 33.2 Å².